The van der Waals surface area contributed by atoms with Gasteiger partial charge in [0, 0.05) is 16.5 Å². The van der Waals surface area contributed by atoms with Gasteiger partial charge in [0.15, 0.2) is 0 Å². The zero-order chi connectivity index (χ0) is 14.9. The molecule has 0 spiro atoms. The van der Waals surface area contributed by atoms with E-state index in [9.17, 15) is 13.2 Å². The molecule has 3 rings (SSSR count). The maximum atomic E-state index is 12.1. The Morgan fingerprint density at radius 3 is 2.43 bits per heavy atom. The molecule has 0 amide bonds. The van der Waals surface area contributed by atoms with Crippen molar-refractivity contribution in [3.05, 3.63) is 47.4 Å². The molecular weight excluding hydrogens is 301 g/mol. The van der Waals surface area contributed by atoms with Gasteiger partial charge in [-0.2, -0.15) is 11.3 Å². The van der Waals surface area contributed by atoms with Gasteiger partial charge in [-0.1, -0.05) is 0 Å². The second-order valence-electron chi connectivity index (χ2n) is 4.21. The van der Waals surface area contributed by atoms with Crippen LogP contribution in [0.2, 0.25) is 0 Å². The first kappa shape index (κ1) is 13.7. The lowest BCUT2D eigenvalue weighted by Crippen LogP contribution is -2.16. The number of benzene rings is 1. The average Bonchev–Trinajstić information content (AvgIpc) is 3.08. The predicted molar refractivity (Wildman–Crippen MR) is 74.0 cm³/mol. The number of H-pyrrole nitrogens is 1. The summed E-state index contributed by atoms with van der Waals surface area (Å²) in [6, 6.07) is 7.61. The second-order valence-corrected chi connectivity index (χ2v) is 4.99. The molecule has 0 radical (unpaired) electrons. The fourth-order valence-corrected chi connectivity index (χ4v) is 2.60. The number of ether oxygens (including phenoxy) is 1. The first-order chi connectivity index (χ1) is 10.0. The van der Waals surface area contributed by atoms with Gasteiger partial charge in [-0.15, -0.1) is 13.2 Å². The van der Waals surface area contributed by atoms with Crippen LogP contribution in [0.1, 0.15) is 0 Å². The van der Waals surface area contributed by atoms with Crippen molar-refractivity contribution >= 4 is 11.3 Å². The Bertz CT molecular complexity index is 718. The zero-order valence-corrected chi connectivity index (χ0v) is 11.3. The van der Waals surface area contributed by atoms with E-state index < -0.39 is 6.36 Å². The van der Waals surface area contributed by atoms with Crippen molar-refractivity contribution < 1.29 is 17.9 Å². The van der Waals surface area contributed by atoms with E-state index in [2.05, 4.69) is 14.7 Å². The minimum atomic E-state index is -4.68. The lowest BCUT2D eigenvalue weighted by Gasteiger charge is -2.09. The summed E-state index contributed by atoms with van der Waals surface area (Å²) in [5, 5.41) is 3.90. The van der Waals surface area contributed by atoms with Crippen LogP contribution in [0.5, 0.6) is 5.75 Å². The van der Waals surface area contributed by atoms with E-state index in [1.165, 1.54) is 12.1 Å². The first-order valence-corrected chi connectivity index (χ1v) is 6.89. The van der Waals surface area contributed by atoms with Crippen LogP contribution in [-0.2, 0) is 0 Å². The molecule has 21 heavy (non-hydrogen) atoms. The molecule has 0 aliphatic carbocycles. The molecule has 3 aromatic rings. The highest BCUT2D eigenvalue weighted by Crippen LogP contribution is 2.32. The number of alkyl halides is 3. The molecule has 0 saturated heterocycles. The van der Waals surface area contributed by atoms with Crippen LogP contribution in [0.15, 0.2) is 47.4 Å². The van der Waals surface area contributed by atoms with Crippen molar-refractivity contribution in [3.8, 4) is 28.3 Å². The molecule has 108 valence electrons. The summed E-state index contributed by atoms with van der Waals surface area (Å²) in [5.74, 6) is -0.247. The highest BCUT2D eigenvalue weighted by molar-refractivity contribution is 7.08. The van der Waals surface area contributed by atoms with Gasteiger partial charge in [0.2, 0.25) is 0 Å². The van der Waals surface area contributed by atoms with Gasteiger partial charge in [0.25, 0.3) is 0 Å². The van der Waals surface area contributed by atoms with Crippen molar-refractivity contribution in [2.75, 3.05) is 0 Å². The van der Waals surface area contributed by atoms with Crippen molar-refractivity contribution in [2.24, 2.45) is 0 Å². The number of nitrogens with one attached hydrogen (secondary N) is 1. The molecular formula is C14H9F3N2OS. The third-order valence-electron chi connectivity index (χ3n) is 2.81. The number of aromatic nitrogens is 2. The fourth-order valence-electron chi connectivity index (χ4n) is 1.96. The summed E-state index contributed by atoms with van der Waals surface area (Å²) < 4.78 is 40.2. The van der Waals surface area contributed by atoms with Gasteiger partial charge in [-0.05, 0) is 35.7 Å². The normalized spacial score (nSPS) is 11.6. The van der Waals surface area contributed by atoms with E-state index in [1.807, 2.05) is 16.8 Å². The summed E-state index contributed by atoms with van der Waals surface area (Å²) in [4.78, 5) is 7.27. The number of rotatable bonds is 3. The molecule has 3 nitrogen and oxygen atoms in total. The molecule has 0 atom stereocenters. The van der Waals surface area contributed by atoms with Crippen LogP contribution in [-0.4, -0.2) is 16.3 Å². The zero-order valence-electron chi connectivity index (χ0n) is 10.5. The van der Waals surface area contributed by atoms with Gasteiger partial charge in [0.05, 0.1) is 17.7 Å². The van der Waals surface area contributed by atoms with Crippen LogP contribution in [0.25, 0.3) is 22.5 Å². The molecule has 0 aliphatic rings. The quantitative estimate of drug-likeness (QED) is 0.761. The Morgan fingerprint density at radius 1 is 1.05 bits per heavy atom. The molecule has 1 N–H and O–H groups in total. The van der Waals surface area contributed by atoms with Crippen molar-refractivity contribution in [2.45, 2.75) is 6.36 Å². The van der Waals surface area contributed by atoms with Crippen LogP contribution in [0.3, 0.4) is 0 Å². The standard InChI is InChI=1S/C14H9F3N2OS/c15-14(16,17)20-11-3-1-9(2-4-11)12-13(19-8-18-12)10-5-6-21-7-10/h1-8H,(H,18,19). The molecule has 0 bridgehead atoms. The van der Waals surface area contributed by atoms with Crippen LogP contribution >= 0.6 is 11.3 Å². The summed E-state index contributed by atoms with van der Waals surface area (Å²) in [6.07, 6.45) is -3.13. The number of hydrogen-bond acceptors (Lipinski definition) is 3. The third-order valence-corrected chi connectivity index (χ3v) is 3.49. The topological polar surface area (TPSA) is 37.9 Å². The van der Waals surface area contributed by atoms with E-state index in [0.717, 1.165) is 22.5 Å². The Balaban J connectivity index is 1.90. The Labute approximate surface area is 122 Å². The Kier molecular flexibility index (Phi) is 3.42. The number of imidazole rings is 1. The maximum absolute atomic E-state index is 12.1. The van der Waals surface area contributed by atoms with Crippen LogP contribution in [0, 0.1) is 0 Å². The number of nitrogens with zero attached hydrogens (tertiary/aromatic N) is 1. The molecule has 1 aromatic carbocycles. The molecule has 2 heterocycles. The van der Waals surface area contributed by atoms with E-state index in [0.29, 0.717) is 0 Å². The smallest absolute Gasteiger partial charge is 0.406 e. The lowest BCUT2D eigenvalue weighted by molar-refractivity contribution is -0.274. The molecule has 0 aliphatic heterocycles. The van der Waals surface area contributed by atoms with E-state index >= 15 is 0 Å². The lowest BCUT2D eigenvalue weighted by atomic mass is 10.1. The van der Waals surface area contributed by atoms with E-state index in [1.54, 1.807) is 29.8 Å². The Morgan fingerprint density at radius 2 is 1.81 bits per heavy atom. The largest absolute Gasteiger partial charge is 0.573 e. The first-order valence-electron chi connectivity index (χ1n) is 5.95. The van der Waals surface area contributed by atoms with E-state index in [-0.39, 0.29) is 5.75 Å². The number of hydrogen-bond donors (Lipinski definition) is 1. The monoisotopic (exact) mass is 310 g/mol. The van der Waals surface area contributed by atoms with Gasteiger partial charge in [-0.25, -0.2) is 4.98 Å². The van der Waals surface area contributed by atoms with Crippen LogP contribution in [0.4, 0.5) is 13.2 Å². The summed E-state index contributed by atoms with van der Waals surface area (Å²) in [7, 11) is 0. The minimum Gasteiger partial charge on any atom is -0.406 e. The Hall–Kier alpha value is -2.28. The predicted octanol–water partition coefficient (Wildman–Crippen LogP) is 4.70. The van der Waals surface area contributed by atoms with Gasteiger partial charge < -0.3 is 9.72 Å². The van der Waals surface area contributed by atoms with Crippen LogP contribution < -0.4 is 4.74 Å². The van der Waals surface area contributed by atoms with E-state index in [4.69, 9.17) is 0 Å². The second kappa shape index (κ2) is 5.25. The van der Waals surface area contributed by atoms with Crippen molar-refractivity contribution in [1.82, 2.24) is 9.97 Å². The number of thiophene rings is 1. The number of halogens is 3. The molecule has 0 fully saturated rings. The average molecular weight is 310 g/mol. The van der Waals surface area contributed by atoms with Gasteiger partial charge in [-0.3, -0.25) is 0 Å². The summed E-state index contributed by atoms with van der Waals surface area (Å²) >= 11 is 1.55. The molecule has 0 saturated carbocycles. The maximum Gasteiger partial charge on any atom is 0.573 e. The molecule has 0 unspecified atom stereocenters. The highest BCUT2D eigenvalue weighted by atomic mass is 32.1. The third kappa shape index (κ3) is 3.08. The number of aromatic amines is 1. The molecule has 2 aromatic heterocycles. The summed E-state index contributed by atoms with van der Waals surface area (Å²) in [6.45, 7) is 0. The minimum absolute atomic E-state index is 0.247. The van der Waals surface area contributed by atoms with Gasteiger partial charge in [0.1, 0.15) is 5.75 Å². The van der Waals surface area contributed by atoms with Gasteiger partial charge >= 0.3 is 6.36 Å². The summed E-state index contributed by atoms with van der Waals surface area (Å²) in [5.41, 5.74) is 3.22. The van der Waals surface area contributed by atoms with Crippen molar-refractivity contribution in [3.63, 3.8) is 0 Å². The molecule has 7 heteroatoms. The highest BCUT2D eigenvalue weighted by Gasteiger charge is 2.31. The fraction of sp³-hybridized carbons (Fsp3) is 0.0714. The SMILES string of the molecule is FC(F)(F)Oc1ccc(-c2[nH]cnc2-c2ccsc2)cc1. The van der Waals surface area contributed by atoms with Crippen molar-refractivity contribution in [1.29, 1.82) is 0 Å².